The number of hydrogen-bond acceptors (Lipinski definition) is 7. The van der Waals surface area contributed by atoms with Gasteiger partial charge in [-0.05, 0) is 25.7 Å². The number of sulfonamides is 1. The van der Waals surface area contributed by atoms with Gasteiger partial charge in [0.15, 0.2) is 16.4 Å². The molecule has 2 aliphatic rings. The average molecular weight is 386 g/mol. The number of fused-ring (bicyclic) bond motifs is 1. The van der Waals surface area contributed by atoms with E-state index in [0.29, 0.717) is 25.7 Å². The maximum Gasteiger partial charge on any atom is 0.306 e. The molecule has 26 heavy (non-hydrogen) atoms. The highest BCUT2D eigenvalue weighted by atomic mass is 32.2. The second-order valence-electron chi connectivity index (χ2n) is 6.23. The van der Waals surface area contributed by atoms with E-state index in [9.17, 15) is 23.3 Å². The first-order valence-corrected chi connectivity index (χ1v) is 9.59. The first-order chi connectivity index (χ1) is 12.3. The number of ether oxygens (including phenoxy) is 2. The van der Waals surface area contributed by atoms with E-state index in [1.807, 2.05) is 0 Å². The standard InChI is InChI=1S/C15H18N2O8S/c18-15(19)9-1-3-10(4-2-9)16-26(22,23)14-8-13-12(24-5-6-25-13)7-11(14)17(20)21/h7-10,16H,1-6H2,(H,18,19). The number of carbonyl (C=O) groups is 1. The van der Waals surface area contributed by atoms with E-state index in [0.717, 1.165) is 12.1 Å². The summed E-state index contributed by atoms with van der Waals surface area (Å²) in [6.07, 6.45) is 1.42. The van der Waals surface area contributed by atoms with Gasteiger partial charge in [0.1, 0.15) is 13.2 Å². The van der Waals surface area contributed by atoms with Crippen LogP contribution in [0.5, 0.6) is 11.5 Å². The Kier molecular flexibility index (Phi) is 5.01. The third-order valence-corrected chi connectivity index (χ3v) is 6.06. The number of hydrogen-bond donors (Lipinski definition) is 2. The van der Waals surface area contributed by atoms with Gasteiger partial charge in [0.25, 0.3) is 5.69 Å². The predicted molar refractivity (Wildman–Crippen MR) is 87.8 cm³/mol. The summed E-state index contributed by atoms with van der Waals surface area (Å²) in [6, 6.07) is 1.67. The number of carboxylic acid groups (broad SMARTS) is 1. The van der Waals surface area contributed by atoms with Crippen LogP contribution >= 0.6 is 0 Å². The van der Waals surface area contributed by atoms with Crippen molar-refractivity contribution in [1.29, 1.82) is 0 Å². The molecule has 1 aliphatic carbocycles. The van der Waals surface area contributed by atoms with E-state index in [-0.39, 0.29) is 24.7 Å². The number of benzene rings is 1. The van der Waals surface area contributed by atoms with Crippen molar-refractivity contribution in [3.63, 3.8) is 0 Å². The summed E-state index contributed by atoms with van der Waals surface area (Å²) >= 11 is 0. The van der Waals surface area contributed by atoms with Gasteiger partial charge in [0.2, 0.25) is 10.0 Å². The minimum Gasteiger partial charge on any atom is -0.486 e. The van der Waals surface area contributed by atoms with Gasteiger partial charge in [0.05, 0.1) is 16.9 Å². The maximum atomic E-state index is 12.7. The Morgan fingerprint density at radius 2 is 1.73 bits per heavy atom. The Hall–Kier alpha value is -2.40. The third kappa shape index (κ3) is 3.73. The zero-order valence-corrected chi connectivity index (χ0v) is 14.5. The molecule has 0 radical (unpaired) electrons. The maximum absolute atomic E-state index is 12.7. The van der Waals surface area contributed by atoms with Crippen LogP contribution in [0.1, 0.15) is 25.7 Å². The summed E-state index contributed by atoms with van der Waals surface area (Å²) in [6.45, 7) is 0.443. The molecule has 0 aromatic heterocycles. The summed E-state index contributed by atoms with van der Waals surface area (Å²) in [4.78, 5) is 21.0. The molecule has 2 N–H and O–H groups in total. The number of carboxylic acids is 1. The highest BCUT2D eigenvalue weighted by Crippen LogP contribution is 2.39. The van der Waals surface area contributed by atoms with Crippen LogP contribution in [-0.4, -0.2) is 43.7 Å². The van der Waals surface area contributed by atoms with Crippen molar-refractivity contribution in [2.24, 2.45) is 5.92 Å². The Labute approximate surface area is 149 Å². The molecule has 142 valence electrons. The number of nitro groups is 1. The number of aliphatic carboxylic acids is 1. The number of nitro benzene ring substituents is 1. The van der Waals surface area contributed by atoms with Gasteiger partial charge >= 0.3 is 5.97 Å². The van der Waals surface area contributed by atoms with E-state index in [1.54, 1.807) is 0 Å². The summed E-state index contributed by atoms with van der Waals surface area (Å²) in [5, 5.41) is 20.3. The Morgan fingerprint density at radius 3 is 2.27 bits per heavy atom. The highest BCUT2D eigenvalue weighted by Gasteiger charge is 2.34. The van der Waals surface area contributed by atoms with Gasteiger partial charge < -0.3 is 14.6 Å². The van der Waals surface area contributed by atoms with Crippen LogP contribution < -0.4 is 14.2 Å². The largest absolute Gasteiger partial charge is 0.486 e. The number of nitrogens with one attached hydrogen (secondary N) is 1. The third-order valence-electron chi connectivity index (χ3n) is 4.51. The number of nitrogens with zero attached hydrogens (tertiary/aromatic N) is 1. The molecule has 1 fully saturated rings. The molecule has 1 aliphatic heterocycles. The molecule has 0 amide bonds. The topological polar surface area (TPSA) is 145 Å². The molecule has 0 unspecified atom stereocenters. The lowest BCUT2D eigenvalue weighted by molar-refractivity contribution is -0.388. The Morgan fingerprint density at radius 1 is 1.15 bits per heavy atom. The zero-order chi connectivity index (χ0) is 18.9. The van der Waals surface area contributed by atoms with Crippen molar-refractivity contribution in [2.75, 3.05) is 13.2 Å². The summed E-state index contributed by atoms with van der Waals surface area (Å²) in [5.41, 5.74) is -0.596. The normalized spacial score (nSPS) is 22.6. The average Bonchev–Trinajstić information content (AvgIpc) is 2.60. The molecule has 1 heterocycles. The number of rotatable bonds is 5. The zero-order valence-electron chi connectivity index (χ0n) is 13.7. The highest BCUT2D eigenvalue weighted by molar-refractivity contribution is 7.89. The monoisotopic (exact) mass is 386 g/mol. The van der Waals surface area contributed by atoms with E-state index < -0.39 is 43.5 Å². The van der Waals surface area contributed by atoms with Crippen molar-refractivity contribution >= 4 is 21.7 Å². The van der Waals surface area contributed by atoms with Gasteiger partial charge in [-0.1, -0.05) is 0 Å². The SMILES string of the molecule is O=C(O)C1CCC(NS(=O)(=O)c2cc3c(cc2[N+](=O)[O-])OCCO3)CC1. The quantitative estimate of drug-likeness (QED) is 0.569. The van der Waals surface area contributed by atoms with Crippen molar-refractivity contribution < 1.29 is 32.7 Å². The molecule has 0 atom stereocenters. The molecule has 1 aromatic rings. The van der Waals surface area contributed by atoms with Gasteiger partial charge in [-0.15, -0.1) is 0 Å². The smallest absolute Gasteiger partial charge is 0.306 e. The van der Waals surface area contributed by atoms with Crippen LogP contribution in [0.2, 0.25) is 0 Å². The molecular weight excluding hydrogens is 368 g/mol. The van der Waals surface area contributed by atoms with Gasteiger partial charge in [0, 0.05) is 12.1 Å². The van der Waals surface area contributed by atoms with Crippen LogP contribution in [0.15, 0.2) is 17.0 Å². The molecule has 1 saturated carbocycles. The van der Waals surface area contributed by atoms with Gasteiger partial charge in [-0.25, -0.2) is 13.1 Å². The first kappa shape index (κ1) is 18.4. The summed E-state index contributed by atoms with van der Waals surface area (Å²) in [5.74, 6) is -1.12. The minimum absolute atomic E-state index is 0.129. The van der Waals surface area contributed by atoms with Gasteiger partial charge in [-0.3, -0.25) is 14.9 Å². The molecule has 11 heteroatoms. The van der Waals surface area contributed by atoms with E-state index in [2.05, 4.69) is 4.72 Å². The van der Waals surface area contributed by atoms with Crippen LogP contribution in [0.3, 0.4) is 0 Å². The lowest BCUT2D eigenvalue weighted by Crippen LogP contribution is -2.38. The summed E-state index contributed by atoms with van der Waals surface area (Å²) < 4.78 is 38.4. The molecule has 1 aromatic carbocycles. The van der Waals surface area contributed by atoms with Crippen LogP contribution in [0, 0.1) is 16.0 Å². The summed E-state index contributed by atoms with van der Waals surface area (Å²) in [7, 11) is -4.18. The molecule has 3 rings (SSSR count). The Balaban J connectivity index is 1.85. The molecule has 0 saturated heterocycles. The van der Waals surface area contributed by atoms with Crippen molar-refractivity contribution in [3.05, 3.63) is 22.2 Å². The second kappa shape index (κ2) is 7.08. The fraction of sp³-hybridized carbons (Fsp3) is 0.533. The fourth-order valence-electron chi connectivity index (χ4n) is 3.16. The predicted octanol–water partition coefficient (Wildman–Crippen LogP) is 1.29. The molecule has 0 spiro atoms. The van der Waals surface area contributed by atoms with Crippen molar-refractivity contribution in [1.82, 2.24) is 4.72 Å². The van der Waals surface area contributed by atoms with E-state index >= 15 is 0 Å². The van der Waals surface area contributed by atoms with Crippen molar-refractivity contribution in [2.45, 2.75) is 36.6 Å². The molecule has 0 bridgehead atoms. The molecule has 10 nitrogen and oxygen atoms in total. The lowest BCUT2D eigenvalue weighted by Gasteiger charge is -2.26. The minimum atomic E-state index is -4.18. The van der Waals surface area contributed by atoms with Crippen molar-refractivity contribution in [3.8, 4) is 11.5 Å². The van der Waals surface area contributed by atoms with E-state index in [1.165, 1.54) is 0 Å². The van der Waals surface area contributed by atoms with Crippen LogP contribution in [0.25, 0.3) is 0 Å². The lowest BCUT2D eigenvalue weighted by atomic mass is 9.87. The van der Waals surface area contributed by atoms with Crippen LogP contribution in [0.4, 0.5) is 5.69 Å². The van der Waals surface area contributed by atoms with Crippen LogP contribution in [-0.2, 0) is 14.8 Å². The Bertz CT molecular complexity index is 830. The second-order valence-corrected chi connectivity index (χ2v) is 7.91. The van der Waals surface area contributed by atoms with E-state index in [4.69, 9.17) is 14.6 Å². The fourth-order valence-corrected chi connectivity index (χ4v) is 4.63. The first-order valence-electron chi connectivity index (χ1n) is 8.11. The van der Waals surface area contributed by atoms with Gasteiger partial charge in [-0.2, -0.15) is 0 Å². The molecular formula is C15H18N2O8S.